The molecule has 8 nitrogen and oxygen atoms in total. The zero-order valence-corrected chi connectivity index (χ0v) is 13.7. The summed E-state index contributed by atoms with van der Waals surface area (Å²) in [6, 6.07) is 1.39. The van der Waals surface area contributed by atoms with Gasteiger partial charge in [0.15, 0.2) is 5.82 Å². The minimum Gasteiger partial charge on any atom is -0.374 e. The number of rotatable bonds is 3. The third-order valence-corrected chi connectivity index (χ3v) is 3.99. The number of carbonyl (C=O) groups is 1. The maximum atomic E-state index is 12.9. The van der Waals surface area contributed by atoms with Gasteiger partial charge in [-0.2, -0.15) is 10.1 Å². The van der Waals surface area contributed by atoms with E-state index in [1.165, 1.54) is 0 Å². The lowest BCUT2D eigenvalue weighted by Crippen LogP contribution is -2.47. The largest absolute Gasteiger partial charge is 0.374 e. The molecule has 0 aromatic carbocycles. The Morgan fingerprint density at radius 3 is 2.87 bits per heavy atom. The van der Waals surface area contributed by atoms with Crippen LogP contribution in [0.15, 0.2) is 10.6 Å². The Kier molecular flexibility index (Phi) is 4.16. The molecule has 0 unspecified atom stereocenters. The molecule has 8 heteroatoms. The molecule has 2 aromatic heterocycles. The summed E-state index contributed by atoms with van der Waals surface area (Å²) in [5.41, 5.74) is 1.32. The molecule has 2 atom stereocenters. The molecular formula is C15H21N5O3. The van der Waals surface area contributed by atoms with Crippen LogP contribution >= 0.6 is 0 Å². The fourth-order valence-corrected chi connectivity index (χ4v) is 2.70. The van der Waals surface area contributed by atoms with E-state index in [1.807, 2.05) is 20.8 Å². The first kappa shape index (κ1) is 15.7. The van der Waals surface area contributed by atoms with Crippen LogP contribution < -0.4 is 0 Å². The summed E-state index contributed by atoms with van der Waals surface area (Å²) in [6.07, 6.45) is -0.226. The molecule has 0 radical (unpaired) electrons. The van der Waals surface area contributed by atoms with Crippen LogP contribution in [0.5, 0.6) is 0 Å². The average Bonchev–Trinajstić information content (AvgIpc) is 3.15. The summed E-state index contributed by atoms with van der Waals surface area (Å²) >= 11 is 0. The van der Waals surface area contributed by atoms with Crippen LogP contribution in [0.3, 0.4) is 0 Å². The predicted octanol–water partition coefficient (Wildman–Crippen LogP) is 1.83. The molecule has 1 saturated heterocycles. The van der Waals surface area contributed by atoms with E-state index in [4.69, 9.17) is 9.26 Å². The highest BCUT2D eigenvalue weighted by Crippen LogP contribution is 2.29. The van der Waals surface area contributed by atoms with E-state index in [0.717, 1.165) is 5.69 Å². The van der Waals surface area contributed by atoms with Crippen molar-refractivity contribution in [3.05, 3.63) is 29.2 Å². The van der Waals surface area contributed by atoms with Gasteiger partial charge in [-0.3, -0.25) is 9.89 Å². The van der Waals surface area contributed by atoms with Crippen molar-refractivity contribution in [2.45, 2.75) is 45.8 Å². The monoisotopic (exact) mass is 319 g/mol. The predicted molar refractivity (Wildman–Crippen MR) is 80.9 cm³/mol. The highest BCUT2D eigenvalue weighted by molar-refractivity contribution is 5.92. The zero-order chi connectivity index (χ0) is 16.6. The molecule has 0 bridgehead atoms. The highest BCUT2D eigenvalue weighted by atomic mass is 16.5. The van der Waals surface area contributed by atoms with Gasteiger partial charge in [-0.25, -0.2) is 0 Å². The minimum atomic E-state index is -0.406. The highest BCUT2D eigenvalue weighted by Gasteiger charge is 2.38. The molecule has 0 aliphatic carbocycles. The summed E-state index contributed by atoms with van der Waals surface area (Å²) in [7, 11) is 0. The number of carbonyl (C=O) groups excluding carboxylic acids is 1. The zero-order valence-electron chi connectivity index (χ0n) is 13.7. The number of aromatic amines is 1. The van der Waals surface area contributed by atoms with Gasteiger partial charge in [0.1, 0.15) is 11.7 Å². The molecule has 3 heterocycles. The van der Waals surface area contributed by atoms with E-state index in [0.29, 0.717) is 30.6 Å². The van der Waals surface area contributed by atoms with Crippen molar-refractivity contribution in [2.24, 2.45) is 0 Å². The lowest BCUT2D eigenvalue weighted by atomic mass is 10.1. The Bertz CT molecular complexity index is 693. The first-order valence-corrected chi connectivity index (χ1v) is 7.75. The molecule has 23 heavy (non-hydrogen) atoms. The molecule has 1 aliphatic heterocycles. The van der Waals surface area contributed by atoms with Crippen molar-refractivity contribution in [3.63, 3.8) is 0 Å². The van der Waals surface area contributed by atoms with E-state index in [1.54, 1.807) is 17.9 Å². The summed E-state index contributed by atoms with van der Waals surface area (Å²) < 4.78 is 10.9. The third kappa shape index (κ3) is 2.98. The third-order valence-electron chi connectivity index (χ3n) is 3.99. The van der Waals surface area contributed by atoms with Crippen LogP contribution in [0.1, 0.15) is 60.6 Å². The lowest BCUT2D eigenvalue weighted by Gasteiger charge is -2.37. The number of nitrogens with one attached hydrogen (secondary N) is 1. The van der Waals surface area contributed by atoms with Crippen molar-refractivity contribution in [1.29, 1.82) is 0 Å². The average molecular weight is 319 g/mol. The fraction of sp³-hybridized carbons (Fsp3) is 0.600. The second-order valence-corrected chi connectivity index (χ2v) is 6.06. The van der Waals surface area contributed by atoms with Crippen LogP contribution in [0.2, 0.25) is 0 Å². The fourth-order valence-electron chi connectivity index (χ4n) is 2.70. The van der Waals surface area contributed by atoms with Gasteiger partial charge in [0.05, 0.1) is 12.7 Å². The van der Waals surface area contributed by atoms with Crippen LogP contribution in [-0.4, -0.2) is 50.4 Å². The Balaban J connectivity index is 1.89. The molecule has 0 spiro atoms. The number of aryl methyl sites for hydroxylation is 1. The standard InChI is InChI=1S/C15H21N5O3/c1-8(2)11-7-12(18-17-11)15(21)20-5-6-22-9(3)13(20)14-16-10(4)19-23-14/h7-9,13H,5-6H2,1-4H3,(H,17,18)/t9-,13+/m1/s1. The van der Waals surface area contributed by atoms with E-state index in [2.05, 4.69) is 20.3 Å². The second kappa shape index (κ2) is 6.11. The van der Waals surface area contributed by atoms with Crippen LogP contribution in [0, 0.1) is 6.92 Å². The van der Waals surface area contributed by atoms with E-state index in [-0.39, 0.29) is 17.9 Å². The first-order valence-electron chi connectivity index (χ1n) is 7.75. The molecule has 1 N–H and O–H groups in total. The number of H-pyrrole nitrogens is 1. The van der Waals surface area contributed by atoms with Crippen LogP contribution in [0.25, 0.3) is 0 Å². The van der Waals surface area contributed by atoms with Gasteiger partial charge in [-0.1, -0.05) is 19.0 Å². The lowest BCUT2D eigenvalue weighted by molar-refractivity contribution is -0.0602. The number of hydrogen-bond acceptors (Lipinski definition) is 6. The normalized spacial score (nSPS) is 21.9. The van der Waals surface area contributed by atoms with Gasteiger partial charge in [0, 0.05) is 12.2 Å². The van der Waals surface area contributed by atoms with Gasteiger partial charge in [0.25, 0.3) is 11.8 Å². The summed E-state index contributed by atoms with van der Waals surface area (Å²) in [5, 5.41) is 10.9. The van der Waals surface area contributed by atoms with E-state index in [9.17, 15) is 4.79 Å². The molecule has 1 amide bonds. The molecule has 0 saturated carbocycles. The van der Waals surface area contributed by atoms with E-state index < -0.39 is 6.04 Å². The topological polar surface area (TPSA) is 97.1 Å². The van der Waals surface area contributed by atoms with Crippen LogP contribution in [0.4, 0.5) is 0 Å². The molecule has 3 rings (SSSR count). The number of aromatic nitrogens is 4. The Labute approximate surface area is 134 Å². The van der Waals surface area contributed by atoms with Gasteiger partial charge in [0.2, 0.25) is 0 Å². The Morgan fingerprint density at radius 2 is 2.26 bits per heavy atom. The summed E-state index contributed by atoms with van der Waals surface area (Å²) in [6.45, 7) is 8.66. The number of morpholine rings is 1. The Hall–Kier alpha value is -2.22. The van der Waals surface area contributed by atoms with Crippen molar-refractivity contribution >= 4 is 5.91 Å². The number of hydrogen-bond donors (Lipinski definition) is 1. The van der Waals surface area contributed by atoms with E-state index >= 15 is 0 Å². The smallest absolute Gasteiger partial charge is 0.275 e. The second-order valence-electron chi connectivity index (χ2n) is 6.06. The summed E-state index contributed by atoms with van der Waals surface area (Å²) in [5.74, 6) is 1.04. The van der Waals surface area contributed by atoms with Gasteiger partial charge in [-0.15, -0.1) is 0 Å². The van der Waals surface area contributed by atoms with Crippen molar-refractivity contribution < 1.29 is 14.1 Å². The number of ether oxygens (including phenoxy) is 1. The quantitative estimate of drug-likeness (QED) is 0.927. The Morgan fingerprint density at radius 1 is 1.48 bits per heavy atom. The van der Waals surface area contributed by atoms with Gasteiger partial charge < -0.3 is 14.2 Å². The molecule has 1 fully saturated rings. The number of nitrogens with zero attached hydrogens (tertiary/aromatic N) is 4. The summed E-state index contributed by atoms with van der Waals surface area (Å²) in [4.78, 5) is 18.8. The van der Waals surface area contributed by atoms with Crippen molar-refractivity contribution in [1.82, 2.24) is 25.2 Å². The van der Waals surface area contributed by atoms with Crippen molar-refractivity contribution in [3.8, 4) is 0 Å². The molecule has 124 valence electrons. The SMILES string of the molecule is Cc1noc([C@@H]2[C@@H](C)OCCN2C(=O)c2cc(C(C)C)[nH]n2)n1. The van der Waals surface area contributed by atoms with Gasteiger partial charge >= 0.3 is 0 Å². The maximum absolute atomic E-state index is 12.9. The molecule has 1 aliphatic rings. The maximum Gasteiger partial charge on any atom is 0.275 e. The van der Waals surface area contributed by atoms with Crippen molar-refractivity contribution in [2.75, 3.05) is 13.2 Å². The number of amides is 1. The molecular weight excluding hydrogens is 298 g/mol. The molecule has 2 aromatic rings. The first-order chi connectivity index (χ1) is 11.0. The van der Waals surface area contributed by atoms with Crippen LogP contribution in [-0.2, 0) is 4.74 Å². The minimum absolute atomic E-state index is 0.163. The van der Waals surface area contributed by atoms with Gasteiger partial charge in [-0.05, 0) is 25.8 Å².